The molecule has 1 aliphatic rings. The van der Waals surface area contributed by atoms with E-state index in [9.17, 15) is 4.79 Å². The monoisotopic (exact) mass is 193 g/mol. The van der Waals surface area contributed by atoms with Gasteiger partial charge in [0.2, 0.25) is 0 Å². The van der Waals surface area contributed by atoms with Crippen LogP contribution in [0.2, 0.25) is 0 Å². The Hall–Kier alpha value is -1.39. The fourth-order valence-electron chi connectivity index (χ4n) is 1.74. The molecule has 0 aromatic heterocycles. The molecule has 1 aliphatic heterocycles. The zero-order chi connectivity index (χ0) is 10.1. The average molecular weight is 193 g/mol. The van der Waals surface area contributed by atoms with E-state index in [2.05, 4.69) is 0 Å². The highest BCUT2D eigenvalue weighted by atomic mass is 16.5. The van der Waals surface area contributed by atoms with Gasteiger partial charge in [0.25, 0.3) is 0 Å². The Labute approximate surface area is 81.3 Å². The van der Waals surface area contributed by atoms with Crippen LogP contribution in [0.4, 0.5) is 0 Å². The van der Waals surface area contributed by atoms with E-state index in [0.717, 1.165) is 5.56 Å². The zero-order valence-electron chi connectivity index (χ0n) is 7.56. The van der Waals surface area contributed by atoms with Crippen LogP contribution in [0.15, 0.2) is 18.2 Å². The number of rotatable bonds is 1. The summed E-state index contributed by atoms with van der Waals surface area (Å²) in [5.41, 5.74) is 7.68. The number of carbonyl (C=O) groups is 1. The van der Waals surface area contributed by atoms with Gasteiger partial charge in [-0.15, -0.1) is 0 Å². The maximum absolute atomic E-state index is 10.9. The summed E-state index contributed by atoms with van der Waals surface area (Å²) >= 11 is 0. The molecule has 14 heavy (non-hydrogen) atoms. The maximum atomic E-state index is 10.9. The summed E-state index contributed by atoms with van der Waals surface area (Å²) in [7, 11) is 0. The number of nitrogens with two attached hydrogens (primary N) is 1. The fraction of sp³-hybridized carbons (Fsp3) is 0.300. The molecule has 0 fully saturated rings. The number of hydrogen-bond donors (Lipinski definition) is 2. The van der Waals surface area contributed by atoms with Crippen LogP contribution in [-0.4, -0.2) is 17.7 Å². The number of aromatic carboxylic acids is 1. The molecule has 74 valence electrons. The van der Waals surface area contributed by atoms with Crippen molar-refractivity contribution >= 4 is 5.97 Å². The van der Waals surface area contributed by atoms with Gasteiger partial charge in [-0.25, -0.2) is 4.79 Å². The lowest BCUT2D eigenvalue weighted by atomic mass is 9.94. The molecule has 0 saturated heterocycles. The molecule has 1 heterocycles. The minimum atomic E-state index is -0.931. The second kappa shape index (κ2) is 3.40. The highest BCUT2D eigenvalue weighted by Gasteiger charge is 2.23. The third-order valence-electron chi connectivity index (χ3n) is 2.35. The molecule has 1 aromatic carbocycles. The van der Waals surface area contributed by atoms with Crippen LogP contribution in [0.1, 0.15) is 27.5 Å². The molecule has 0 saturated carbocycles. The van der Waals surface area contributed by atoms with Gasteiger partial charge in [-0.05, 0) is 17.2 Å². The first-order valence-corrected chi connectivity index (χ1v) is 4.38. The standard InChI is InChI=1S/C10H11NO3/c11-8-5-14-4-6-2-1-3-7(9(6)8)10(12)13/h1-3,8H,4-5,11H2,(H,12,13)/t8-/m0/s1. The van der Waals surface area contributed by atoms with Crippen molar-refractivity contribution in [1.82, 2.24) is 0 Å². The first-order valence-electron chi connectivity index (χ1n) is 4.38. The van der Waals surface area contributed by atoms with Crippen LogP contribution in [-0.2, 0) is 11.3 Å². The van der Waals surface area contributed by atoms with Crippen LogP contribution < -0.4 is 5.73 Å². The van der Waals surface area contributed by atoms with E-state index in [-0.39, 0.29) is 6.04 Å². The summed E-state index contributed by atoms with van der Waals surface area (Å²) in [5.74, 6) is -0.931. The Bertz CT molecular complexity index is 376. The summed E-state index contributed by atoms with van der Waals surface area (Å²) in [4.78, 5) is 10.9. The third-order valence-corrected chi connectivity index (χ3v) is 2.35. The number of ether oxygens (including phenoxy) is 1. The summed E-state index contributed by atoms with van der Waals surface area (Å²) < 4.78 is 5.23. The molecular formula is C10H11NO3. The minimum Gasteiger partial charge on any atom is -0.478 e. The van der Waals surface area contributed by atoms with Gasteiger partial charge in [0.05, 0.1) is 24.8 Å². The van der Waals surface area contributed by atoms with Gasteiger partial charge in [0, 0.05) is 0 Å². The Morgan fingerprint density at radius 2 is 2.36 bits per heavy atom. The van der Waals surface area contributed by atoms with Crippen molar-refractivity contribution in [3.63, 3.8) is 0 Å². The van der Waals surface area contributed by atoms with Gasteiger partial charge in [0.1, 0.15) is 0 Å². The van der Waals surface area contributed by atoms with Crippen molar-refractivity contribution in [2.75, 3.05) is 6.61 Å². The summed E-state index contributed by atoms with van der Waals surface area (Å²) in [6.07, 6.45) is 0. The first kappa shape index (κ1) is 9.18. The number of hydrogen-bond acceptors (Lipinski definition) is 3. The first-order chi connectivity index (χ1) is 6.70. The zero-order valence-corrected chi connectivity index (χ0v) is 7.56. The molecule has 0 unspecified atom stereocenters. The number of carboxylic acids is 1. The molecule has 3 N–H and O–H groups in total. The molecule has 0 aliphatic carbocycles. The smallest absolute Gasteiger partial charge is 0.336 e. The summed E-state index contributed by atoms with van der Waals surface area (Å²) in [6.45, 7) is 0.835. The average Bonchev–Trinajstić information content (AvgIpc) is 2.17. The van der Waals surface area contributed by atoms with E-state index in [1.807, 2.05) is 6.07 Å². The number of fused-ring (bicyclic) bond motifs is 1. The van der Waals surface area contributed by atoms with E-state index in [1.165, 1.54) is 0 Å². The predicted octanol–water partition coefficient (Wildman–Crippen LogP) is 0.915. The van der Waals surface area contributed by atoms with Crippen molar-refractivity contribution in [3.8, 4) is 0 Å². The molecule has 0 amide bonds. The van der Waals surface area contributed by atoms with Crippen LogP contribution >= 0.6 is 0 Å². The Balaban J connectivity index is 2.57. The molecule has 2 rings (SSSR count). The maximum Gasteiger partial charge on any atom is 0.336 e. The Morgan fingerprint density at radius 1 is 1.57 bits per heavy atom. The van der Waals surface area contributed by atoms with Crippen molar-refractivity contribution in [2.45, 2.75) is 12.6 Å². The molecule has 1 aromatic rings. The third kappa shape index (κ3) is 1.38. The highest BCUT2D eigenvalue weighted by molar-refractivity contribution is 5.90. The lowest BCUT2D eigenvalue weighted by Crippen LogP contribution is -2.26. The number of carboxylic acid groups (broad SMARTS) is 1. The molecule has 4 heteroatoms. The normalized spacial score (nSPS) is 20.2. The van der Waals surface area contributed by atoms with E-state index in [4.69, 9.17) is 15.6 Å². The second-order valence-electron chi connectivity index (χ2n) is 3.31. The highest BCUT2D eigenvalue weighted by Crippen LogP contribution is 2.26. The Kier molecular flexibility index (Phi) is 2.23. The van der Waals surface area contributed by atoms with E-state index >= 15 is 0 Å². The summed E-state index contributed by atoms with van der Waals surface area (Å²) in [6, 6.07) is 4.81. The molecule has 4 nitrogen and oxygen atoms in total. The minimum absolute atomic E-state index is 0.290. The van der Waals surface area contributed by atoms with Crippen LogP contribution in [0, 0.1) is 0 Å². The second-order valence-corrected chi connectivity index (χ2v) is 3.31. The van der Waals surface area contributed by atoms with Crippen molar-refractivity contribution < 1.29 is 14.6 Å². The van der Waals surface area contributed by atoms with Gasteiger partial charge in [-0.1, -0.05) is 12.1 Å². The lowest BCUT2D eigenvalue weighted by molar-refractivity contribution is 0.0682. The van der Waals surface area contributed by atoms with Gasteiger partial charge in [-0.2, -0.15) is 0 Å². The Morgan fingerprint density at radius 3 is 3.07 bits per heavy atom. The van der Waals surface area contributed by atoms with E-state index in [0.29, 0.717) is 24.3 Å². The van der Waals surface area contributed by atoms with Crippen LogP contribution in [0.5, 0.6) is 0 Å². The van der Waals surface area contributed by atoms with Gasteiger partial charge in [0.15, 0.2) is 0 Å². The predicted molar refractivity (Wildman–Crippen MR) is 50.0 cm³/mol. The summed E-state index contributed by atoms with van der Waals surface area (Å²) in [5, 5.41) is 8.96. The topological polar surface area (TPSA) is 72.5 Å². The van der Waals surface area contributed by atoms with Gasteiger partial charge < -0.3 is 15.6 Å². The van der Waals surface area contributed by atoms with Crippen molar-refractivity contribution in [2.24, 2.45) is 5.73 Å². The lowest BCUT2D eigenvalue weighted by Gasteiger charge is -2.23. The molecular weight excluding hydrogens is 182 g/mol. The van der Waals surface area contributed by atoms with Gasteiger partial charge in [-0.3, -0.25) is 0 Å². The molecule has 0 radical (unpaired) electrons. The number of benzene rings is 1. The van der Waals surface area contributed by atoms with Crippen molar-refractivity contribution in [1.29, 1.82) is 0 Å². The van der Waals surface area contributed by atoms with Crippen LogP contribution in [0.3, 0.4) is 0 Å². The molecule has 1 atom stereocenters. The van der Waals surface area contributed by atoms with E-state index in [1.54, 1.807) is 12.1 Å². The SMILES string of the molecule is N[C@H]1COCc2cccc(C(=O)O)c21. The quantitative estimate of drug-likeness (QED) is 0.695. The van der Waals surface area contributed by atoms with E-state index < -0.39 is 5.97 Å². The molecule has 0 spiro atoms. The molecule has 0 bridgehead atoms. The van der Waals surface area contributed by atoms with Crippen LogP contribution in [0.25, 0.3) is 0 Å². The van der Waals surface area contributed by atoms with Gasteiger partial charge >= 0.3 is 5.97 Å². The van der Waals surface area contributed by atoms with Crippen molar-refractivity contribution in [3.05, 3.63) is 34.9 Å². The fourth-order valence-corrected chi connectivity index (χ4v) is 1.74. The largest absolute Gasteiger partial charge is 0.478 e.